The summed E-state index contributed by atoms with van der Waals surface area (Å²) in [5, 5.41) is 7.37. The van der Waals surface area contributed by atoms with Crippen LogP contribution in [0.25, 0.3) is 10.9 Å². The van der Waals surface area contributed by atoms with Crippen LogP contribution < -0.4 is 10.6 Å². The lowest BCUT2D eigenvalue weighted by atomic mass is 10.2. The molecule has 4 aromatic rings. The first-order chi connectivity index (χ1) is 14.8. The van der Waals surface area contributed by atoms with Gasteiger partial charge in [-0.25, -0.2) is 8.42 Å². The zero-order chi connectivity index (χ0) is 22.0. The quantitative estimate of drug-likeness (QED) is 0.422. The number of amides is 1. The van der Waals surface area contributed by atoms with E-state index in [0.29, 0.717) is 10.7 Å². The second kappa shape index (κ2) is 8.37. The van der Waals surface area contributed by atoms with Crippen LogP contribution in [0.4, 0.5) is 17.1 Å². The Balaban J connectivity index is 1.58. The van der Waals surface area contributed by atoms with E-state index in [4.69, 9.17) is 11.6 Å². The van der Waals surface area contributed by atoms with Gasteiger partial charge in [-0.2, -0.15) is 0 Å². The fraction of sp³-hybridized carbons (Fsp3) is 0.0435. The van der Waals surface area contributed by atoms with Crippen LogP contribution in [0.5, 0.6) is 0 Å². The molecule has 0 saturated heterocycles. The topological polar surface area (TPSA) is 88.2 Å². The van der Waals surface area contributed by atoms with Gasteiger partial charge in [-0.15, -0.1) is 0 Å². The van der Waals surface area contributed by atoms with Crippen molar-refractivity contribution in [3.8, 4) is 0 Å². The van der Waals surface area contributed by atoms with E-state index in [0.717, 1.165) is 22.3 Å². The molecule has 0 bridgehead atoms. The Morgan fingerprint density at radius 1 is 0.871 bits per heavy atom. The molecule has 31 heavy (non-hydrogen) atoms. The van der Waals surface area contributed by atoms with Gasteiger partial charge in [-0.05, 0) is 72.8 Å². The van der Waals surface area contributed by atoms with Crippen molar-refractivity contribution >= 4 is 55.3 Å². The number of halogens is 1. The predicted molar refractivity (Wildman–Crippen MR) is 123 cm³/mol. The maximum Gasteiger partial charge on any atom is 0.221 e. The number of carbonyl (C=O) groups is 1. The van der Waals surface area contributed by atoms with Crippen LogP contribution >= 0.6 is 11.6 Å². The van der Waals surface area contributed by atoms with E-state index in [1.54, 1.807) is 48.7 Å². The third-order valence-corrected chi connectivity index (χ3v) is 6.65. The van der Waals surface area contributed by atoms with Crippen LogP contribution in [0.3, 0.4) is 0 Å². The SMILES string of the molecule is CC(=O)Nc1ccc(S(=O)(=O)c2ccc(Nc3ccnc4ccc(Cl)cc34)cc2)cc1. The molecular formula is C23H18ClN3O3S. The van der Waals surface area contributed by atoms with E-state index < -0.39 is 9.84 Å². The number of sulfone groups is 1. The Hall–Kier alpha value is -3.42. The first-order valence-corrected chi connectivity index (χ1v) is 11.2. The molecule has 4 rings (SSSR count). The summed E-state index contributed by atoms with van der Waals surface area (Å²) in [5.74, 6) is -0.219. The van der Waals surface area contributed by atoms with Crippen LogP contribution in [0.2, 0.25) is 5.02 Å². The molecule has 0 aliphatic rings. The van der Waals surface area contributed by atoms with Crippen molar-refractivity contribution in [3.05, 3.63) is 84.0 Å². The summed E-state index contributed by atoms with van der Waals surface area (Å²) in [6.07, 6.45) is 1.70. The number of fused-ring (bicyclic) bond motifs is 1. The van der Waals surface area contributed by atoms with Gasteiger partial charge in [-0.1, -0.05) is 11.6 Å². The summed E-state index contributed by atoms with van der Waals surface area (Å²) in [6, 6.07) is 19.9. The summed E-state index contributed by atoms with van der Waals surface area (Å²) < 4.78 is 25.8. The van der Waals surface area contributed by atoms with Crippen molar-refractivity contribution in [2.24, 2.45) is 0 Å². The highest BCUT2D eigenvalue weighted by Gasteiger charge is 2.17. The number of hydrogen-bond donors (Lipinski definition) is 2. The number of anilines is 3. The summed E-state index contributed by atoms with van der Waals surface area (Å²) in [4.78, 5) is 15.8. The van der Waals surface area contributed by atoms with E-state index >= 15 is 0 Å². The molecule has 3 aromatic carbocycles. The van der Waals surface area contributed by atoms with Crippen molar-refractivity contribution in [2.45, 2.75) is 16.7 Å². The lowest BCUT2D eigenvalue weighted by molar-refractivity contribution is -0.114. The number of benzene rings is 3. The number of nitrogens with one attached hydrogen (secondary N) is 2. The molecule has 1 heterocycles. The normalized spacial score (nSPS) is 11.3. The molecule has 1 amide bonds. The fourth-order valence-corrected chi connectivity index (χ4v) is 4.59. The van der Waals surface area contributed by atoms with Crippen molar-refractivity contribution in [1.29, 1.82) is 0 Å². The minimum Gasteiger partial charge on any atom is -0.355 e. The number of rotatable bonds is 5. The molecule has 0 atom stereocenters. The Kier molecular flexibility index (Phi) is 5.63. The monoisotopic (exact) mass is 451 g/mol. The molecule has 0 unspecified atom stereocenters. The van der Waals surface area contributed by atoms with Gasteiger partial charge in [0, 0.05) is 40.6 Å². The van der Waals surface area contributed by atoms with E-state index in [2.05, 4.69) is 15.6 Å². The largest absolute Gasteiger partial charge is 0.355 e. The van der Waals surface area contributed by atoms with Gasteiger partial charge < -0.3 is 10.6 Å². The summed E-state index contributed by atoms with van der Waals surface area (Å²) in [5.41, 5.74) is 2.89. The molecule has 6 nitrogen and oxygen atoms in total. The standard InChI is InChI=1S/C23H18ClN3O3S/c1-15(28)26-17-3-7-19(8-4-17)31(29,30)20-9-5-18(6-10-20)27-23-12-13-25-22-11-2-16(24)14-21(22)23/h2-14H,1H3,(H,25,27)(H,26,28). The van der Waals surface area contributed by atoms with Gasteiger partial charge in [0.2, 0.25) is 15.7 Å². The zero-order valence-corrected chi connectivity index (χ0v) is 18.0. The Labute approximate surface area is 184 Å². The highest BCUT2D eigenvalue weighted by Crippen LogP contribution is 2.29. The fourth-order valence-electron chi connectivity index (χ4n) is 3.16. The van der Waals surface area contributed by atoms with Crippen molar-refractivity contribution in [2.75, 3.05) is 10.6 Å². The van der Waals surface area contributed by atoms with Gasteiger partial charge in [0.25, 0.3) is 0 Å². The maximum atomic E-state index is 12.9. The Bertz CT molecular complexity index is 1370. The average molecular weight is 452 g/mol. The van der Waals surface area contributed by atoms with Crippen LogP contribution in [0.1, 0.15) is 6.92 Å². The first kappa shape index (κ1) is 20.8. The third-order valence-electron chi connectivity index (χ3n) is 4.63. The molecule has 1 aromatic heterocycles. The molecule has 156 valence electrons. The van der Waals surface area contributed by atoms with Gasteiger partial charge >= 0.3 is 0 Å². The number of hydrogen-bond acceptors (Lipinski definition) is 5. The maximum absolute atomic E-state index is 12.9. The van der Waals surface area contributed by atoms with Crippen LogP contribution in [0.15, 0.2) is 88.8 Å². The average Bonchev–Trinajstić information content (AvgIpc) is 2.74. The minimum absolute atomic E-state index is 0.150. The lowest BCUT2D eigenvalue weighted by Gasteiger charge is -2.11. The molecule has 0 spiro atoms. The molecule has 0 aliphatic heterocycles. The zero-order valence-electron chi connectivity index (χ0n) is 16.5. The Morgan fingerprint density at radius 2 is 1.48 bits per heavy atom. The van der Waals surface area contributed by atoms with Crippen LogP contribution in [-0.4, -0.2) is 19.3 Å². The highest BCUT2D eigenvalue weighted by molar-refractivity contribution is 7.91. The van der Waals surface area contributed by atoms with E-state index in [1.165, 1.54) is 19.1 Å². The number of carbonyl (C=O) groups excluding carboxylic acids is 1. The summed E-state index contributed by atoms with van der Waals surface area (Å²) in [7, 11) is -3.68. The predicted octanol–water partition coefficient (Wildman–Crippen LogP) is 5.42. The summed E-state index contributed by atoms with van der Waals surface area (Å²) in [6.45, 7) is 1.39. The molecule has 0 radical (unpaired) electrons. The van der Waals surface area contributed by atoms with Gasteiger partial charge in [0.15, 0.2) is 0 Å². The molecule has 0 fully saturated rings. The summed E-state index contributed by atoms with van der Waals surface area (Å²) >= 11 is 6.11. The van der Waals surface area contributed by atoms with Gasteiger partial charge in [0.1, 0.15) is 0 Å². The van der Waals surface area contributed by atoms with Gasteiger partial charge in [0.05, 0.1) is 15.3 Å². The van der Waals surface area contributed by atoms with Crippen molar-refractivity contribution in [3.63, 3.8) is 0 Å². The molecule has 8 heteroatoms. The van der Waals surface area contributed by atoms with Gasteiger partial charge in [-0.3, -0.25) is 9.78 Å². The third kappa shape index (κ3) is 4.52. The molecule has 0 saturated carbocycles. The van der Waals surface area contributed by atoms with E-state index in [-0.39, 0.29) is 15.7 Å². The second-order valence-corrected chi connectivity index (χ2v) is 9.26. The minimum atomic E-state index is -3.68. The molecule has 0 aliphatic carbocycles. The lowest BCUT2D eigenvalue weighted by Crippen LogP contribution is -2.06. The Morgan fingerprint density at radius 3 is 2.10 bits per heavy atom. The van der Waals surface area contributed by atoms with Crippen LogP contribution in [0, 0.1) is 0 Å². The number of aromatic nitrogens is 1. The van der Waals surface area contributed by atoms with Crippen molar-refractivity contribution in [1.82, 2.24) is 4.98 Å². The van der Waals surface area contributed by atoms with E-state index in [9.17, 15) is 13.2 Å². The number of pyridine rings is 1. The van der Waals surface area contributed by atoms with E-state index in [1.807, 2.05) is 18.2 Å². The smallest absolute Gasteiger partial charge is 0.221 e. The number of nitrogens with zero attached hydrogens (tertiary/aromatic N) is 1. The van der Waals surface area contributed by atoms with Crippen LogP contribution in [-0.2, 0) is 14.6 Å². The highest BCUT2D eigenvalue weighted by atomic mass is 35.5. The molecular weight excluding hydrogens is 434 g/mol. The molecule has 2 N–H and O–H groups in total. The second-order valence-electron chi connectivity index (χ2n) is 6.88. The first-order valence-electron chi connectivity index (χ1n) is 9.37. The van der Waals surface area contributed by atoms with Crippen molar-refractivity contribution < 1.29 is 13.2 Å².